The second kappa shape index (κ2) is 6.70. The zero-order valence-electron chi connectivity index (χ0n) is 12.3. The summed E-state index contributed by atoms with van der Waals surface area (Å²) in [4.78, 5) is 11.6. The van der Waals surface area contributed by atoms with E-state index in [0.29, 0.717) is 11.1 Å². The minimum Gasteiger partial charge on any atom is -0.359 e. The van der Waals surface area contributed by atoms with E-state index in [1.807, 2.05) is 6.07 Å². The van der Waals surface area contributed by atoms with Gasteiger partial charge in [0.1, 0.15) is 0 Å². The Bertz CT molecular complexity index is 660. The number of nitriles is 1. The molecule has 0 atom stereocenters. The Morgan fingerprint density at radius 2 is 1.95 bits per heavy atom. The van der Waals surface area contributed by atoms with Crippen LogP contribution in [0.3, 0.4) is 0 Å². The molecule has 0 heterocycles. The summed E-state index contributed by atoms with van der Waals surface area (Å²) in [6.45, 7) is 3.29. The van der Waals surface area contributed by atoms with Crippen LogP contribution in [-0.2, 0) is 20.6 Å². The average Bonchev–Trinajstić information content (AvgIpc) is 2.44. The number of carbonyl (C=O) groups excluding carboxylic acids is 1. The lowest BCUT2D eigenvalue weighted by atomic mass is 9.93. The van der Waals surface area contributed by atoms with E-state index in [-0.39, 0.29) is 18.2 Å². The molecule has 7 heteroatoms. The Morgan fingerprint density at radius 1 is 1.33 bits per heavy atom. The van der Waals surface area contributed by atoms with Gasteiger partial charge in [-0.25, -0.2) is 13.1 Å². The van der Waals surface area contributed by atoms with Crippen LogP contribution in [0.4, 0.5) is 0 Å². The molecule has 2 N–H and O–H groups in total. The largest absolute Gasteiger partial charge is 0.359 e. The summed E-state index contributed by atoms with van der Waals surface area (Å²) in [6, 6.07) is 8.49. The van der Waals surface area contributed by atoms with Gasteiger partial charge in [-0.2, -0.15) is 5.26 Å². The molecule has 0 aromatic heterocycles. The smallest absolute Gasteiger partial charge is 0.226 e. The van der Waals surface area contributed by atoms with Gasteiger partial charge in [-0.3, -0.25) is 4.79 Å². The minimum absolute atomic E-state index is 0.0102. The molecule has 0 spiro atoms. The maximum atomic E-state index is 12.1. The van der Waals surface area contributed by atoms with Crippen LogP contribution in [0.15, 0.2) is 24.3 Å². The number of rotatable bonds is 6. The van der Waals surface area contributed by atoms with Gasteiger partial charge in [0.2, 0.25) is 15.9 Å². The topological polar surface area (TPSA) is 99.1 Å². The van der Waals surface area contributed by atoms with Gasteiger partial charge < -0.3 is 5.32 Å². The molecule has 21 heavy (non-hydrogen) atoms. The molecular formula is C14H19N3O3S. The summed E-state index contributed by atoms with van der Waals surface area (Å²) in [5.74, 6) is -0.539. The van der Waals surface area contributed by atoms with Gasteiger partial charge in [0.25, 0.3) is 0 Å². The molecule has 1 rings (SSSR count). The van der Waals surface area contributed by atoms with Gasteiger partial charge in [0.05, 0.1) is 22.8 Å². The molecule has 0 bridgehead atoms. The van der Waals surface area contributed by atoms with Crippen LogP contribution >= 0.6 is 0 Å². The highest BCUT2D eigenvalue weighted by molar-refractivity contribution is 7.88. The summed E-state index contributed by atoms with van der Waals surface area (Å²) < 4.78 is 26.6. The molecule has 0 saturated carbocycles. The zero-order valence-corrected chi connectivity index (χ0v) is 13.1. The molecule has 114 valence electrons. The molecule has 0 saturated heterocycles. The van der Waals surface area contributed by atoms with Crippen molar-refractivity contribution in [2.45, 2.75) is 19.6 Å². The highest BCUT2D eigenvalue weighted by Gasteiger charge is 2.28. The van der Waals surface area contributed by atoms with Crippen molar-refractivity contribution in [3.63, 3.8) is 0 Å². The van der Waals surface area contributed by atoms with Crippen LogP contribution < -0.4 is 10.0 Å². The van der Waals surface area contributed by atoms with Gasteiger partial charge in [0, 0.05) is 13.6 Å². The van der Waals surface area contributed by atoms with Crippen molar-refractivity contribution in [3.8, 4) is 6.07 Å². The third kappa shape index (κ3) is 4.85. The summed E-state index contributed by atoms with van der Waals surface area (Å²) in [5, 5.41) is 11.5. The van der Waals surface area contributed by atoms with Crippen LogP contribution in [0.2, 0.25) is 0 Å². The monoisotopic (exact) mass is 309 g/mol. The van der Waals surface area contributed by atoms with Crippen LogP contribution in [0.5, 0.6) is 0 Å². The van der Waals surface area contributed by atoms with Crippen LogP contribution in [0, 0.1) is 16.7 Å². The molecule has 1 amide bonds. The number of nitrogens with one attached hydrogen (secondary N) is 2. The molecule has 0 aliphatic heterocycles. The second-order valence-electron chi connectivity index (χ2n) is 5.31. The molecule has 1 aromatic rings. The predicted molar refractivity (Wildman–Crippen MR) is 79.6 cm³/mol. The molecule has 0 aliphatic rings. The van der Waals surface area contributed by atoms with Gasteiger partial charge in [-0.15, -0.1) is 0 Å². The fourth-order valence-corrected chi connectivity index (χ4v) is 3.06. The highest BCUT2D eigenvalue weighted by atomic mass is 32.2. The number of hydrogen-bond acceptors (Lipinski definition) is 4. The normalized spacial score (nSPS) is 11.7. The SMILES string of the molecule is CNC(=O)C(C)(C)CNS(=O)(=O)Cc1ccccc1C#N. The zero-order chi connectivity index (χ0) is 16.1. The van der Waals surface area contributed by atoms with E-state index < -0.39 is 15.4 Å². The molecule has 0 aliphatic carbocycles. The quantitative estimate of drug-likeness (QED) is 0.810. The van der Waals surface area contributed by atoms with E-state index in [9.17, 15) is 13.2 Å². The number of amides is 1. The average molecular weight is 309 g/mol. The second-order valence-corrected chi connectivity index (χ2v) is 7.12. The first-order valence-electron chi connectivity index (χ1n) is 6.39. The van der Waals surface area contributed by atoms with Crippen molar-refractivity contribution >= 4 is 15.9 Å². The molecule has 6 nitrogen and oxygen atoms in total. The lowest BCUT2D eigenvalue weighted by Gasteiger charge is -2.22. The van der Waals surface area contributed by atoms with Crippen LogP contribution in [0.25, 0.3) is 0 Å². The highest BCUT2D eigenvalue weighted by Crippen LogP contribution is 2.15. The van der Waals surface area contributed by atoms with E-state index >= 15 is 0 Å². The van der Waals surface area contributed by atoms with Crippen molar-refractivity contribution in [1.29, 1.82) is 5.26 Å². The van der Waals surface area contributed by atoms with Crippen LogP contribution in [-0.4, -0.2) is 27.9 Å². The Labute approximate surface area is 125 Å². The van der Waals surface area contributed by atoms with Gasteiger partial charge in [-0.1, -0.05) is 18.2 Å². The van der Waals surface area contributed by atoms with Crippen molar-refractivity contribution in [3.05, 3.63) is 35.4 Å². The van der Waals surface area contributed by atoms with E-state index in [2.05, 4.69) is 10.0 Å². The predicted octanol–water partition coefficient (Wildman–Crippen LogP) is 0.750. The lowest BCUT2D eigenvalue weighted by Crippen LogP contribution is -2.43. The Kier molecular flexibility index (Phi) is 5.47. The minimum atomic E-state index is -3.62. The Morgan fingerprint density at radius 3 is 2.52 bits per heavy atom. The molecule has 0 unspecified atom stereocenters. The van der Waals surface area contributed by atoms with Crippen molar-refractivity contribution in [2.75, 3.05) is 13.6 Å². The summed E-state index contributed by atoms with van der Waals surface area (Å²) >= 11 is 0. The first kappa shape index (κ1) is 17.1. The number of hydrogen-bond donors (Lipinski definition) is 2. The summed E-state index contributed by atoms with van der Waals surface area (Å²) in [7, 11) is -2.12. The molecule has 0 fully saturated rings. The number of sulfonamides is 1. The van der Waals surface area contributed by atoms with Crippen LogP contribution in [0.1, 0.15) is 25.0 Å². The number of nitrogens with zero attached hydrogens (tertiary/aromatic N) is 1. The van der Waals surface area contributed by atoms with Gasteiger partial charge in [0.15, 0.2) is 0 Å². The number of carbonyl (C=O) groups is 1. The van der Waals surface area contributed by atoms with Crippen molar-refractivity contribution in [1.82, 2.24) is 10.0 Å². The maximum absolute atomic E-state index is 12.1. The standard InChI is InChI=1S/C14H19N3O3S/c1-14(2,13(18)16-3)10-17-21(19,20)9-12-7-5-4-6-11(12)8-15/h4-7,17H,9-10H2,1-3H3,(H,16,18). The van der Waals surface area contributed by atoms with Gasteiger partial charge in [-0.05, 0) is 25.5 Å². The summed E-state index contributed by atoms with van der Waals surface area (Å²) in [6.07, 6.45) is 0. The van der Waals surface area contributed by atoms with E-state index in [1.165, 1.54) is 7.05 Å². The molecule has 1 aromatic carbocycles. The molecule has 0 radical (unpaired) electrons. The first-order valence-corrected chi connectivity index (χ1v) is 8.04. The van der Waals surface area contributed by atoms with E-state index in [0.717, 1.165) is 0 Å². The third-order valence-electron chi connectivity index (χ3n) is 3.06. The third-order valence-corrected chi connectivity index (χ3v) is 4.33. The summed E-state index contributed by atoms with van der Waals surface area (Å²) in [5.41, 5.74) is -0.0880. The maximum Gasteiger partial charge on any atom is 0.226 e. The van der Waals surface area contributed by atoms with Crippen molar-refractivity contribution in [2.24, 2.45) is 5.41 Å². The number of benzene rings is 1. The first-order chi connectivity index (χ1) is 9.72. The van der Waals surface area contributed by atoms with E-state index in [4.69, 9.17) is 5.26 Å². The lowest BCUT2D eigenvalue weighted by molar-refractivity contribution is -0.128. The Hall–Kier alpha value is -1.91. The fraction of sp³-hybridized carbons (Fsp3) is 0.429. The van der Waals surface area contributed by atoms with E-state index in [1.54, 1.807) is 38.1 Å². The van der Waals surface area contributed by atoms with Crippen molar-refractivity contribution < 1.29 is 13.2 Å². The van der Waals surface area contributed by atoms with Gasteiger partial charge >= 0.3 is 0 Å². The fourth-order valence-electron chi connectivity index (χ4n) is 1.72. The Balaban J connectivity index is 2.80. The molecular weight excluding hydrogens is 290 g/mol.